The number of carbonyl (C=O) groups excluding carboxylic acids is 1. The first-order valence-electron chi connectivity index (χ1n) is 11.8. The molecule has 36 heavy (non-hydrogen) atoms. The van der Waals surface area contributed by atoms with Crippen LogP contribution in [0.1, 0.15) is 24.8 Å². The summed E-state index contributed by atoms with van der Waals surface area (Å²) in [5, 5.41) is 12.9. The number of ether oxygens (including phenoxy) is 2. The molecule has 0 spiro atoms. The van der Waals surface area contributed by atoms with E-state index < -0.39 is 12.3 Å². The molecule has 1 aliphatic rings. The Morgan fingerprint density at radius 3 is 2.47 bits per heavy atom. The van der Waals surface area contributed by atoms with Crippen molar-refractivity contribution >= 4 is 28.3 Å². The van der Waals surface area contributed by atoms with Gasteiger partial charge in [0.25, 0.3) is 5.91 Å². The summed E-state index contributed by atoms with van der Waals surface area (Å²) in [6.45, 7) is 3.76. The fourth-order valence-corrected chi connectivity index (χ4v) is 4.33. The van der Waals surface area contributed by atoms with E-state index in [1.165, 1.54) is 12.1 Å². The van der Waals surface area contributed by atoms with Crippen LogP contribution in [0.15, 0.2) is 48.5 Å². The summed E-state index contributed by atoms with van der Waals surface area (Å²) in [5.41, 5.74) is 2.46. The maximum absolute atomic E-state index is 12.3. The number of halogens is 3. The largest absolute Gasteiger partial charge is 0.573 e. The number of aromatic nitrogens is 1. The van der Waals surface area contributed by atoms with Crippen molar-refractivity contribution in [3.63, 3.8) is 0 Å². The van der Waals surface area contributed by atoms with Crippen LogP contribution in [0.5, 0.6) is 11.5 Å². The summed E-state index contributed by atoms with van der Waals surface area (Å²) >= 11 is 0. The second-order valence-corrected chi connectivity index (χ2v) is 8.83. The van der Waals surface area contributed by atoms with E-state index in [0.717, 1.165) is 66.8 Å². The van der Waals surface area contributed by atoms with Crippen LogP contribution < -0.4 is 19.7 Å². The van der Waals surface area contributed by atoms with Gasteiger partial charge in [0.05, 0.1) is 5.52 Å². The van der Waals surface area contributed by atoms with E-state index in [1.807, 2.05) is 19.1 Å². The molecule has 3 aromatic rings. The molecular weight excluding hydrogens is 475 g/mol. The molecule has 0 saturated carbocycles. The lowest BCUT2D eigenvalue weighted by Gasteiger charge is -2.33. The van der Waals surface area contributed by atoms with Gasteiger partial charge in [0.2, 0.25) is 0 Å². The van der Waals surface area contributed by atoms with Crippen LogP contribution in [-0.2, 0) is 4.79 Å². The van der Waals surface area contributed by atoms with Gasteiger partial charge < -0.3 is 24.8 Å². The molecule has 0 unspecified atom stereocenters. The topological polar surface area (TPSA) is 83.9 Å². The number of amides is 1. The van der Waals surface area contributed by atoms with E-state index in [9.17, 15) is 18.0 Å². The van der Waals surface area contributed by atoms with Crippen molar-refractivity contribution in [1.82, 2.24) is 4.98 Å². The summed E-state index contributed by atoms with van der Waals surface area (Å²) in [6, 6.07) is 12.4. The Hall–Kier alpha value is -3.53. The number of alkyl halides is 3. The number of pyridine rings is 1. The Bertz CT molecular complexity index is 1190. The number of hydrogen-bond donors (Lipinski definition) is 2. The third-order valence-electron chi connectivity index (χ3n) is 6.19. The Labute approximate surface area is 206 Å². The van der Waals surface area contributed by atoms with Gasteiger partial charge >= 0.3 is 6.36 Å². The number of anilines is 2. The van der Waals surface area contributed by atoms with Crippen LogP contribution in [0.2, 0.25) is 0 Å². The van der Waals surface area contributed by atoms with Crippen LogP contribution >= 0.6 is 0 Å². The monoisotopic (exact) mass is 503 g/mol. The lowest BCUT2D eigenvalue weighted by molar-refractivity contribution is -0.274. The van der Waals surface area contributed by atoms with E-state index in [1.54, 1.807) is 6.07 Å². The van der Waals surface area contributed by atoms with Crippen LogP contribution in [0.4, 0.5) is 24.7 Å². The zero-order chi connectivity index (χ0) is 25.7. The number of hydrogen-bond acceptors (Lipinski definition) is 6. The molecule has 1 fully saturated rings. The van der Waals surface area contributed by atoms with E-state index in [2.05, 4.69) is 21.0 Å². The first-order valence-corrected chi connectivity index (χ1v) is 11.8. The third kappa shape index (κ3) is 6.78. The molecule has 0 atom stereocenters. The second-order valence-electron chi connectivity index (χ2n) is 8.83. The highest BCUT2D eigenvalue weighted by Gasteiger charge is 2.31. The molecule has 2 aromatic carbocycles. The van der Waals surface area contributed by atoms with Gasteiger partial charge in [0.1, 0.15) is 17.3 Å². The number of carbonyl (C=O) groups is 1. The average Bonchev–Trinajstić information content (AvgIpc) is 2.84. The van der Waals surface area contributed by atoms with Gasteiger partial charge in [-0.25, -0.2) is 4.98 Å². The van der Waals surface area contributed by atoms with Crippen LogP contribution in [0.3, 0.4) is 0 Å². The van der Waals surface area contributed by atoms with Crippen LogP contribution in [0, 0.1) is 12.8 Å². The molecule has 192 valence electrons. The predicted molar refractivity (Wildman–Crippen MR) is 130 cm³/mol. The number of rotatable bonds is 8. The van der Waals surface area contributed by atoms with E-state index in [-0.39, 0.29) is 24.7 Å². The zero-order valence-electron chi connectivity index (χ0n) is 19.8. The van der Waals surface area contributed by atoms with Crippen molar-refractivity contribution in [2.24, 2.45) is 5.92 Å². The van der Waals surface area contributed by atoms with Crippen molar-refractivity contribution in [1.29, 1.82) is 0 Å². The molecule has 1 saturated heterocycles. The highest BCUT2D eigenvalue weighted by Crippen LogP contribution is 2.29. The minimum atomic E-state index is -4.77. The number of nitrogens with one attached hydrogen (secondary N) is 1. The Morgan fingerprint density at radius 1 is 1.11 bits per heavy atom. The minimum absolute atomic E-state index is 0.233. The van der Waals surface area contributed by atoms with Gasteiger partial charge in [-0.3, -0.25) is 4.79 Å². The normalized spacial score (nSPS) is 14.6. The summed E-state index contributed by atoms with van der Waals surface area (Å²) in [7, 11) is 0. The third-order valence-corrected chi connectivity index (χ3v) is 6.19. The fourth-order valence-electron chi connectivity index (χ4n) is 4.33. The molecule has 1 amide bonds. The molecule has 2 N–H and O–H groups in total. The molecule has 2 heterocycles. The molecule has 0 radical (unpaired) electrons. The lowest BCUT2D eigenvalue weighted by atomic mass is 9.94. The Balaban J connectivity index is 1.35. The fraction of sp³-hybridized carbons (Fsp3) is 0.385. The van der Waals surface area contributed by atoms with Crippen molar-refractivity contribution in [3.05, 3.63) is 54.1 Å². The maximum atomic E-state index is 12.3. The second kappa shape index (κ2) is 11.0. The standard InChI is InChI=1S/C26H28F3N3O4/c1-17-14-24(32-11-8-18(9-12-32)10-13-33)31-23-7-2-19(15-22(17)23)30-25(34)16-35-20-3-5-21(6-4-20)36-26(27,28)29/h2-7,14-15,18,33H,8-13,16H2,1H3,(H,30,34). The van der Waals surface area contributed by atoms with Crippen LogP contribution in [-0.4, -0.2) is 48.7 Å². The van der Waals surface area contributed by atoms with Crippen molar-refractivity contribution in [3.8, 4) is 11.5 Å². The molecule has 0 bridgehead atoms. The van der Waals surface area contributed by atoms with Gasteiger partial charge in [-0.2, -0.15) is 0 Å². The molecule has 0 aliphatic carbocycles. The first-order chi connectivity index (χ1) is 17.2. The first kappa shape index (κ1) is 25.6. The highest BCUT2D eigenvalue weighted by atomic mass is 19.4. The number of aryl methyl sites for hydroxylation is 1. The highest BCUT2D eigenvalue weighted by molar-refractivity contribution is 5.95. The smallest absolute Gasteiger partial charge is 0.484 e. The van der Waals surface area contributed by atoms with Gasteiger partial charge in [0.15, 0.2) is 6.61 Å². The summed E-state index contributed by atoms with van der Waals surface area (Å²) in [4.78, 5) is 19.4. The van der Waals surface area contributed by atoms with Crippen molar-refractivity contribution in [2.45, 2.75) is 32.5 Å². The van der Waals surface area contributed by atoms with Crippen LogP contribution in [0.25, 0.3) is 10.9 Å². The lowest BCUT2D eigenvalue weighted by Crippen LogP contribution is -2.34. The van der Waals surface area contributed by atoms with Gasteiger partial charge in [-0.15, -0.1) is 13.2 Å². The number of aliphatic hydroxyl groups excluding tert-OH is 1. The van der Waals surface area contributed by atoms with E-state index >= 15 is 0 Å². The maximum Gasteiger partial charge on any atom is 0.573 e. The summed E-state index contributed by atoms with van der Waals surface area (Å²) in [6.07, 6.45) is -1.84. The zero-order valence-corrected chi connectivity index (χ0v) is 19.8. The quantitative estimate of drug-likeness (QED) is 0.447. The average molecular weight is 504 g/mol. The molecular formula is C26H28F3N3O4. The molecule has 1 aliphatic heterocycles. The van der Waals surface area contributed by atoms with Crippen molar-refractivity contribution in [2.75, 3.05) is 36.5 Å². The number of fused-ring (bicyclic) bond motifs is 1. The number of aliphatic hydroxyl groups is 1. The molecule has 1 aromatic heterocycles. The van der Waals surface area contributed by atoms with Gasteiger partial charge in [-0.05, 0) is 86.2 Å². The van der Waals surface area contributed by atoms with Gasteiger partial charge in [0, 0.05) is 30.8 Å². The van der Waals surface area contributed by atoms with E-state index in [4.69, 9.17) is 14.8 Å². The van der Waals surface area contributed by atoms with E-state index in [0.29, 0.717) is 11.6 Å². The van der Waals surface area contributed by atoms with Gasteiger partial charge in [-0.1, -0.05) is 0 Å². The Kier molecular flexibility index (Phi) is 7.83. The Morgan fingerprint density at radius 2 is 1.81 bits per heavy atom. The summed E-state index contributed by atoms with van der Waals surface area (Å²) < 4.78 is 45.9. The van der Waals surface area contributed by atoms with Crippen molar-refractivity contribution < 1.29 is 32.5 Å². The molecule has 4 rings (SSSR count). The minimum Gasteiger partial charge on any atom is -0.484 e. The number of nitrogens with zero attached hydrogens (tertiary/aromatic N) is 2. The SMILES string of the molecule is Cc1cc(N2CCC(CCO)CC2)nc2ccc(NC(=O)COc3ccc(OC(F)(F)F)cc3)cc12. The number of benzene rings is 2. The molecule has 7 nitrogen and oxygen atoms in total. The molecule has 10 heteroatoms. The summed E-state index contributed by atoms with van der Waals surface area (Å²) in [5.74, 6) is 0.961. The predicted octanol–water partition coefficient (Wildman–Crippen LogP) is 5.06. The number of piperidine rings is 1.